The van der Waals surface area contributed by atoms with E-state index in [1.54, 1.807) is 42.5 Å². The number of carbonyl (C=O) groups is 2. The minimum Gasteiger partial charge on any atom is -0.389 e. The van der Waals surface area contributed by atoms with E-state index >= 15 is 0 Å². The zero-order valence-corrected chi connectivity index (χ0v) is 16.0. The van der Waals surface area contributed by atoms with Crippen LogP contribution >= 0.6 is 0 Å². The summed E-state index contributed by atoms with van der Waals surface area (Å²) in [5, 5.41) is 12.0. The van der Waals surface area contributed by atoms with Crippen LogP contribution in [-0.4, -0.2) is 49.4 Å². The van der Waals surface area contributed by atoms with Crippen LogP contribution in [0.25, 0.3) is 10.8 Å². The summed E-state index contributed by atoms with van der Waals surface area (Å²) >= 11 is 0. The van der Waals surface area contributed by atoms with E-state index in [4.69, 9.17) is 0 Å². The van der Waals surface area contributed by atoms with Crippen LogP contribution in [0, 0.1) is 0 Å². The third-order valence-electron chi connectivity index (χ3n) is 5.33. The van der Waals surface area contributed by atoms with Crippen molar-refractivity contribution in [1.29, 1.82) is 0 Å². The SMILES string of the molecule is O=C1c2ccccc2C(=O)N1C[C@H](O)CN1c2cccc3cccc(c23)S1(=O)=O. The van der Waals surface area contributed by atoms with Crippen molar-refractivity contribution in [3.63, 3.8) is 0 Å². The predicted octanol–water partition coefficient (Wildman–Crippen LogP) is 2.01. The molecular weight excluding hydrogens is 392 g/mol. The summed E-state index contributed by atoms with van der Waals surface area (Å²) in [6, 6.07) is 16.8. The molecule has 0 unspecified atom stereocenters. The van der Waals surface area contributed by atoms with Gasteiger partial charge in [0.2, 0.25) is 0 Å². The topological polar surface area (TPSA) is 95.0 Å². The molecule has 0 fully saturated rings. The molecular formula is C21H16N2O5S. The van der Waals surface area contributed by atoms with Gasteiger partial charge in [0, 0.05) is 5.39 Å². The number of benzene rings is 3. The van der Waals surface area contributed by atoms with Crippen LogP contribution in [0.3, 0.4) is 0 Å². The van der Waals surface area contributed by atoms with Crippen LogP contribution < -0.4 is 4.31 Å². The number of nitrogens with zero attached hydrogens (tertiary/aromatic N) is 2. The van der Waals surface area contributed by atoms with Crippen molar-refractivity contribution >= 4 is 38.3 Å². The van der Waals surface area contributed by atoms with E-state index < -0.39 is 27.9 Å². The fourth-order valence-electron chi connectivity index (χ4n) is 4.02. The predicted molar refractivity (Wildman–Crippen MR) is 106 cm³/mol. The van der Waals surface area contributed by atoms with Gasteiger partial charge in [0.1, 0.15) is 0 Å². The van der Waals surface area contributed by atoms with Gasteiger partial charge in [-0.3, -0.25) is 18.8 Å². The highest BCUT2D eigenvalue weighted by Crippen LogP contribution is 2.42. The van der Waals surface area contributed by atoms with Crippen LogP contribution in [0.15, 0.2) is 65.6 Å². The van der Waals surface area contributed by atoms with Crippen molar-refractivity contribution in [3.8, 4) is 0 Å². The number of aliphatic hydroxyl groups excluding tert-OH is 1. The largest absolute Gasteiger partial charge is 0.389 e. The van der Waals surface area contributed by atoms with Crippen molar-refractivity contribution < 1.29 is 23.1 Å². The fourth-order valence-corrected chi connectivity index (χ4v) is 5.77. The highest BCUT2D eigenvalue weighted by Gasteiger charge is 2.39. The van der Waals surface area contributed by atoms with Crippen molar-refractivity contribution in [2.75, 3.05) is 17.4 Å². The second-order valence-electron chi connectivity index (χ2n) is 7.09. The maximum atomic E-state index is 13.0. The lowest BCUT2D eigenvalue weighted by Gasteiger charge is -2.24. The first-order chi connectivity index (χ1) is 13.9. The Morgan fingerprint density at radius 2 is 1.45 bits per heavy atom. The van der Waals surface area contributed by atoms with Gasteiger partial charge in [-0.2, -0.15) is 0 Å². The summed E-state index contributed by atoms with van der Waals surface area (Å²) in [7, 11) is -3.82. The molecule has 146 valence electrons. The van der Waals surface area contributed by atoms with Crippen LogP contribution in [0.1, 0.15) is 20.7 Å². The lowest BCUT2D eigenvalue weighted by Crippen LogP contribution is -2.43. The Balaban J connectivity index is 1.43. The number of hydrogen-bond acceptors (Lipinski definition) is 5. The van der Waals surface area contributed by atoms with E-state index in [-0.39, 0.29) is 29.1 Å². The Labute approximate surface area is 166 Å². The van der Waals surface area contributed by atoms with E-state index in [1.807, 2.05) is 12.1 Å². The van der Waals surface area contributed by atoms with Crippen molar-refractivity contribution in [2.24, 2.45) is 0 Å². The molecule has 3 aromatic carbocycles. The number of rotatable bonds is 4. The third-order valence-corrected chi connectivity index (χ3v) is 7.15. The quantitative estimate of drug-likeness (QED) is 0.667. The van der Waals surface area contributed by atoms with E-state index in [1.165, 1.54) is 6.07 Å². The molecule has 0 radical (unpaired) electrons. The Morgan fingerprint density at radius 1 is 0.828 bits per heavy atom. The molecule has 2 aliphatic rings. The highest BCUT2D eigenvalue weighted by atomic mass is 32.2. The lowest BCUT2D eigenvalue weighted by atomic mass is 10.1. The number of hydrogen-bond donors (Lipinski definition) is 1. The molecule has 3 aromatic rings. The third kappa shape index (κ3) is 2.49. The van der Waals surface area contributed by atoms with Gasteiger partial charge in [-0.05, 0) is 29.7 Å². The Hall–Kier alpha value is -3.23. The summed E-state index contributed by atoms with van der Waals surface area (Å²) in [4.78, 5) is 26.2. The van der Waals surface area contributed by atoms with Gasteiger partial charge >= 0.3 is 0 Å². The van der Waals surface area contributed by atoms with Crippen molar-refractivity contribution in [1.82, 2.24) is 4.90 Å². The van der Waals surface area contributed by atoms with Crippen LogP contribution in [-0.2, 0) is 10.0 Å². The standard InChI is InChI=1S/C21H16N2O5S/c24-14(11-22-20(25)15-7-1-2-8-16(15)21(22)26)12-23-17-9-3-5-13-6-4-10-18(19(13)17)29(23,27)28/h1-10,14,24H,11-12H2/t14-/m0/s1. The minimum atomic E-state index is -3.82. The molecule has 1 atom stereocenters. The number of fused-ring (bicyclic) bond motifs is 1. The summed E-state index contributed by atoms with van der Waals surface area (Å²) in [6.07, 6.45) is -1.24. The normalized spacial score (nSPS) is 17.8. The number of imide groups is 1. The van der Waals surface area contributed by atoms with Crippen molar-refractivity contribution in [3.05, 3.63) is 71.8 Å². The van der Waals surface area contributed by atoms with Gasteiger partial charge in [0.15, 0.2) is 0 Å². The fraction of sp³-hybridized carbons (Fsp3) is 0.143. The van der Waals surface area contributed by atoms with Gasteiger partial charge in [-0.15, -0.1) is 0 Å². The summed E-state index contributed by atoms with van der Waals surface area (Å²) in [6.45, 7) is -0.547. The van der Waals surface area contributed by atoms with Gasteiger partial charge in [-0.1, -0.05) is 36.4 Å². The molecule has 0 aromatic heterocycles. The Morgan fingerprint density at radius 3 is 2.10 bits per heavy atom. The monoisotopic (exact) mass is 408 g/mol. The summed E-state index contributed by atoms with van der Waals surface area (Å²) in [5.74, 6) is -0.973. The average molecular weight is 408 g/mol. The zero-order valence-electron chi connectivity index (χ0n) is 15.1. The van der Waals surface area contributed by atoms with Crippen molar-refractivity contribution in [2.45, 2.75) is 11.0 Å². The maximum Gasteiger partial charge on any atom is 0.265 e. The first-order valence-electron chi connectivity index (χ1n) is 9.07. The van der Waals surface area contributed by atoms with E-state index in [9.17, 15) is 23.1 Å². The minimum absolute atomic E-state index is 0.193. The highest BCUT2D eigenvalue weighted by molar-refractivity contribution is 7.93. The molecule has 2 amide bonds. The zero-order chi connectivity index (χ0) is 20.3. The molecule has 0 bridgehead atoms. The van der Waals surface area contributed by atoms with Gasteiger partial charge < -0.3 is 5.11 Å². The summed E-state index contributed by atoms with van der Waals surface area (Å²) in [5.41, 5.74) is 1.06. The molecule has 0 spiro atoms. The second kappa shape index (κ2) is 6.13. The smallest absolute Gasteiger partial charge is 0.265 e. The number of carbonyl (C=O) groups excluding carboxylic acids is 2. The molecule has 7 nitrogen and oxygen atoms in total. The average Bonchev–Trinajstić information content (AvgIpc) is 3.08. The maximum absolute atomic E-state index is 13.0. The van der Waals surface area contributed by atoms with Crippen LogP contribution in [0.2, 0.25) is 0 Å². The molecule has 2 aliphatic heterocycles. The molecule has 1 N–H and O–H groups in total. The number of β-amino-alcohol motifs (C(OH)–C–C–N with tert-alkyl or cyclic N) is 1. The van der Waals surface area contributed by atoms with E-state index in [2.05, 4.69) is 0 Å². The molecule has 2 heterocycles. The first-order valence-corrected chi connectivity index (χ1v) is 10.5. The Bertz CT molecular complexity index is 1260. The van der Waals surface area contributed by atoms with E-state index in [0.717, 1.165) is 14.6 Å². The van der Waals surface area contributed by atoms with E-state index in [0.29, 0.717) is 11.1 Å². The molecule has 5 rings (SSSR count). The van der Waals surface area contributed by atoms with Gasteiger partial charge in [-0.25, -0.2) is 8.42 Å². The lowest BCUT2D eigenvalue weighted by molar-refractivity contribution is 0.0555. The molecule has 0 saturated heterocycles. The van der Waals surface area contributed by atoms with Gasteiger partial charge in [0.25, 0.3) is 21.8 Å². The number of amides is 2. The van der Waals surface area contributed by atoms with Crippen LogP contribution in [0.5, 0.6) is 0 Å². The Kier molecular flexibility index (Phi) is 3.77. The second-order valence-corrected chi connectivity index (χ2v) is 8.92. The van der Waals surface area contributed by atoms with Gasteiger partial charge in [0.05, 0.1) is 40.9 Å². The van der Waals surface area contributed by atoms with Crippen LogP contribution in [0.4, 0.5) is 5.69 Å². The number of aliphatic hydroxyl groups is 1. The molecule has 0 aliphatic carbocycles. The first kappa shape index (κ1) is 17.8. The number of anilines is 1. The molecule has 8 heteroatoms. The molecule has 0 saturated carbocycles. The molecule has 29 heavy (non-hydrogen) atoms. The summed E-state index contributed by atoms with van der Waals surface area (Å²) < 4.78 is 27.2. The number of sulfonamides is 1.